The molecule has 0 aliphatic carbocycles. The Labute approximate surface area is 86.0 Å². The van der Waals surface area contributed by atoms with Crippen LogP contribution in [-0.4, -0.2) is 15.4 Å². The summed E-state index contributed by atoms with van der Waals surface area (Å²) in [5, 5.41) is 0. The molecule has 78 valence electrons. The van der Waals surface area contributed by atoms with Gasteiger partial charge < -0.3 is 14.9 Å². The first-order valence-corrected chi connectivity index (χ1v) is 7.95. The van der Waals surface area contributed by atoms with Crippen LogP contribution in [-0.2, 0) is 0 Å². The van der Waals surface area contributed by atoms with Gasteiger partial charge in [-0.3, -0.25) is 0 Å². The first-order chi connectivity index (χ1) is 6.40. The van der Waals surface area contributed by atoms with E-state index in [4.69, 9.17) is 14.9 Å². The van der Waals surface area contributed by atoms with E-state index in [1.54, 1.807) is 13.2 Å². The van der Waals surface area contributed by atoms with Crippen molar-refractivity contribution in [1.82, 2.24) is 0 Å². The van der Waals surface area contributed by atoms with Gasteiger partial charge in [0.25, 0.3) is 0 Å². The third-order valence-electron chi connectivity index (χ3n) is 1.56. The number of nitrogen functional groups attached to an aromatic ring is 1. The number of nitrogens with two attached hydrogens (primary N) is 1. The average Bonchev–Trinajstić information content (AvgIpc) is 1.99. The summed E-state index contributed by atoms with van der Waals surface area (Å²) in [7, 11) is 0.0504. The van der Waals surface area contributed by atoms with Crippen molar-refractivity contribution in [1.29, 1.82) is 0 Å². The third-order valence-corrected chi connectivity index (χ3v) is 2.41. The SMILES string of the molecule is COc1cc(N)cc(O[Si](C)(C)C)c1. The van der Waals surface area contributed by atoms with E-state index in [0.717, 1.165) is 11.5 Å². The summed E-state index contributed by atoms with van der Waals surface area (Å²) in [6, 6.07) is 5.45. The summed E-state index contributed by atoms with van der Waals surface area (Å²) in [5.41, 5.74) is 6.37. The van der Waals surface area contributed by atoms with Gasteiger partial charge in [-0.25, -0.2) is 0 Å². The van der Waals surface area contributed by atoms with Gasteiger partial charge in [-0.2, -0.15) is 0 Å². The smallest absolute Gasteiger partial charge is 0.242 e. The molecule has 4 heteroatoms. The van der Waals surface area contributed by atoms with Gasteiger partial charge in [-0.05, 0) is 19.6 Å². The number of hydrogen-bond donors (Lipinski definition) is 1. The Bertz CT molecular complexity index is 320. The van der Waals surface area contributed by atoms with Crippen molar-refractivity contribution in [3.8, 4) is 11.5 Å². The number of methoxy groups -OCH3 is 1. The topological polar surface area (TPSA) is 44.5 Å². The van der Waals surface area contributed by atoms with Crippen LogP contribution in [0.1, 0.15) is 0 Å². The van der Waals surface area contributed by atoms with E-state index in [9.17, 15) is 0 Å². The fraction of sp³-hybridized carbons (Fsp3) is 0.400. The van der Waals surface area contributed by atoms with Gasteiger partial charge in [0.05, 0.1) is 7.11 Å². The van der Waals surface area contributed by atoms with Crippen LogP contribution < -0.4 is 14.9 Å². The maximum Gasteiger partial charge on any atom is 0.242 e. The number of anilines is 1. The van der Waals surface area contributed by atoms with E-state index < -0.39 is 8.32 Å². The summed E-state index contributed by atoms with van der Waals surface area (Å²) in [4.78, 5) is 0. The molecule has 0 aliphatic rings. The van der Waals surface area contributed by atoms with E-state index >= 15 is 0 Å². The minimum absolute atomic E-state index is 0.664. The van der Waals surface area contributed by atoms with Gasteiger partial charge in [-0.15, -0.1) is 0 Å². The fourth-order valence-electron chi connectivity index (χ4n) is 1.12. The zero-order valence-electron chi connectivity index (χ0n) is 9.13. The van der Waals surface area contributed by atoms with Crippen LogP contribution in [0.2, 0.25) is 19.6 Å². The quantitative estimate of drug-likeness (QED) is 0.617. The molecule has 0 saturated heterocycles. The van der Waals surface area contributed by atoms with Crippen LogP contribution in [0.3, 0.4) is 0 Å². The Morgan fingerprint density at radius 1 is 1.07 bits per heavy atom. The van der Waals surface area contributed by atoms with E-state index in [0.29, 0.717) is 5.69 Å². The van der Waals surface area contributed by atoms with Gasteiger partial charge in [-0.1, -0.05) is 0 Å². The lowest BCUT2D eigenvalue weighted by atomic mass is 10.3. The lowest BCUT2D eigenvalue weighted by Gasteiger charge is -2.19. The molecule has 1 aromatic rings. The van der Waals surface area contributed by atoms with Gasteiger partial charge in [0.2, 0.25) is 8.32 Å². The molecule has 0 atom stereocenters. The minimum atomic E-state index is -1.57. The molecule has 0 unspecified atom stereocenters. The zero-order chi connectivity index (χ0) is 10.8. The van der Waals surface area contributed by atoms with Gasteiger partial charge >= 0.3 is 0 Å². The first-order valence-electron chi connectivity index (χ1n) is 4.54. The molecule has 0 amide bonds. The predicted molar refractivity (Wildman–Crippen MR) is 61.4 cm³/mol. The summed E-state index contributed by atoms with van der Waals surface area (Å²) in [6.45, 7) is 6.38. The van der Waals surface area contributed by atoms with Crippen LogP contribution >= 0.6 is 0 Å². The maximum atomic E-state index is 5.80. The molecule has 3 nitrogen and oxygen atoms in total. The number of ether oxygens (including phenoxy) is 1. The summed E-state index contributed by atoms with van der Waals surface area (Å²) >= 11 is 0. The largest absolute Gasteiger partial charge is 0.544 e. The number of benzene rings is 1. The summed E-state index contributed by atoms with van der Waals surface area (Å²) in [6.07, 6.45) is 0. The van der Waals surface area contributed by atoms with Crippen LogP contribution in [0.15, 0.2) is 18.2 Å². The highest BCUT2D eigenvalue weighted by molar-refractivity contribution is 6.70. The summed E-state index contributed by atoms with van der Waals surface area (Å²) < 4.78 is 10.9. The maximum absolute atomic E-state index is 5.80. The van der Waals surface area contributed by atoms with Crippen molar-refractivity contribution in [3.63, 3.8) is 0 Å². The van der Waals surface area contributed by atoms with Crippen LogP contribution in [0.4, 0.5) is 5.69 Å². The number of rotatable bonds is 3. The molecule has 0 radical (unpaired) electrons. The highest BCUT2D eigenvalue weighted by atomic mass is 28.4. The lowest BCUT2D eigenvalue weighted by molar-refractivity contribution is 0.412. The molecule has 0 heterocycles. The second-order valence-electron chi connectivity index (χ2n) is 4.16. The number of hydrogen-bond acceptors (Lipinski definition) is 3. The molecule has 1 rings (SSSR count). The Balaban J connectivity index is 2.92. The van der Waals surface area contributed by atoms with E-state index in [1.165, 1.54) is 0 Å². The van der Waals surface area contributed by atoms with Crippen molar-refractivity contribution < 1.29 is 9.16 Å². The minimum Gasteiger partial charge on any atom is -0.544 e. The highest BCUT2D eigenvalue weighted by Crippen LogP contribution is 2.25. The van der Waals surface area contributed by atoms with E-state index in [-0.39, 0.29) is 0 Å². The van der Waals surface area contributed by atoms with Gasteiger partial charge in [0.1, 0.15) is 11.5 Å². The van der Waals surface area contributed by atoms with Crippen LogP contribution in [0, 0.1) is 0 Å². The van der Waals surface area contributed by atoms with Crippen molar-refractivity contribution in [2.24, 2.45) is 0 Å². The average molecular weight is 211 g/mol. The van der Waals surface area contributed by atoms with Crippen LogP contribution in [0.25, 0.3) is 0 Å². The molecular formula is C10H17NO2Si. The molecule has 0 aromatic heterocycles. The first kappa shape index (κ1) is 10.9. The van der Waals surface area contributed by atoms with Crippen molar-refractivity contribution >= 4 is 14.0 Å². The Hall–Kier alpha value is -1.16. The van der Waals surface area contributed by atoms with Crippen molar-refractivity contribution in [3.05, 3.63) is 18.2 Å². The van der Waals surface area contributed by atoms with E-state index in [2.05, 4.69) is 19.6 Å². The molecule has 0 fully saturated rings. The van der Waals surface area contributed by atoms with E-state index in [1.807, 2.05) is 12.1 Å². The normalized spacial score (nSPS) is 11.1. The second-order valence-corrected chi connectivity index (χ2v) is 8.59. The second kappa shape index (κ2) is 3.92. The van der Waals surface area contributed by atoms with Gasteiger partial charge in [0.15, 0.2) is 0 Å². The third kappa shape index (κ3) is 3.30. The molecule has 2 N–H and O–H groups in total. The van der Waals surface area contributed by atoms with Crippen LogP contribution in [0.5, 0.6) is 11.5 Å². The fourth-order valence-corrected chi connectivity index (χ4v) is 1.95. The molecule has 0 bridgehead atoms. The molecule has 0 aliphatic heterocycles. The Kier molecular flexibility index (Phi) is 3.05. The highest BCUT2D eigenvalue weighted by Gasteiger charge is 2.16. The van der Waals surface area contributed by atoms with Crippen molar-refractivity contribution in [2.45, 2.75) is 19.6 Å². The van der Waals surface area contributed by atoms with Crippen molar-refractivity contribution in [2.75, 3.05) is 12.8 Å². The monoisotopic (exact) mass is 211 g/mol. The predicted octanol–water partition coefficient (Wildman–Crippen LogP) is 2.49. The molecule has 0 saturated carbocycles. The van der Waals surface area contributed by atoms with Gasteiger partial charge in [0, 0.05) is 23.9 Å². The zero-order valence-corrected chi connectivity index (χ0v) is 10.1. The Morgan fingerprint density at radius 2 is 1.64 bits per heavy atom. The summed E-state index contributed by atoms with van der Waals surface area (Å²) in [5.74, 6) is 1.53. The molecule has 1 aromatic carbocycles. The molecule has 14 heavy (non-hydrogen) atoms. The standard InChI is InChI=1S/C10H17NO2Si/c1-12-9-5-8(11)6-10(7-9)13-14(2,3)4/h5-7H,11H2,1-4H3. The lowest BCUT2D eigenvalue weighted by Crippen LogP contribution is -2.29. The Morgan fingerprint density at radius 3 is 2.14 bits per heavy atom. The molecule has 0 spiro atoms. The molecular weight excluding hydrogens is 194 g/mol.